The van der Waals surface area contributed by atoms with E-state index in [4.69, 9.17) is 15.2 Å². The lowest BCUT2D eigenvalue weighted by molar-refractivity contribution is 0.109. The lowest BCUT2D eigenvalue weighted by atomic mass is 9.88. The van der Waals surface area contributed by atoms with E-state index in [0.717, 1.165) is 23.5 Å². The summed E-state index contributed by atoms with van der Waals surface area (Å²) in [5.41, 5.74) is 7.17. The van der Waals surface area contributed by atoms with Crippen molar-refractivity contribution >= 4 is 0 Å². The maximum Gasteiger partial charge on any atom is 0.161 e. The van der Waals surface area contributed by atoms with E-state index in [1.165, 1.54) is 0 Å². The van der Waals surface area contributed by atoms with E-state index < -0.39 is 6.10 Å². The molecule has 4 heteroatoms. The minimum Gasteiger partial charge on any atom is -0.486 e. The van der Waals surface area contributed by atoms with Gasteiger partial charge >= 0.3 is 0 Å². The number of aliphatic hydroxyl groups is 1. The Morgan fingerprint density at radius 1 is 1.30 bits per heavy atom. The summed E-state index contributed by atoms with van der Waals surface area (Å²) in [6, 6.07) is 5.87. The molecule has 1 aliphatic carbocycles. The Morgan fingerprint density at radius 3 is 2.55 bits per heavy atom. The Kier molecular flexibility index (Phi) is 3.38. The van der Waals surface area contributed by atoms with Gasteiger partial charge < -0.3 is 20.3 Å². The zero-order chi connectivity index (χ0) is 14.3. The first-order chi connectivity index (χ1) is 9.53. The molecule has 20 heavy (non-hydrogen) atoms. The molecule has 4 nitrogen and oxygen atoms in total. The van der Waals surface area contributed by atoms with Gasteiger partial charge in [0.15, 0.2) is 11.5 Å². The van der Waals surface area contributed by atoms with Crippen LogP contribution in [0.4, 0.5) is 0 Å². The van der Waals surface area contributed by atoms with Crippen molar-refractivity contribution in [3.63, 3.8) is 0 Å². The van der Waals surface area contributed by atoms with Gasteiger partial charge in [0.05, 0.1) is 6.10 Å². The van der Waals surface area contributed by atoms with Crippen LogP contribution in [-0.4, -0.2) is 31.0 Å². The second kappa shape index (κ2) is 4.93. The van der Waals surface area contributed by atoms with E-state index in [0.29, 0.717) is 25.7 Å². The van der Waals surface area contributed by atoms with Crippen molar-refractivity contribution in [1.29, 1.82) is 0 Å². The molecule has 0 spiro atoms. The number of nitrogens with two attached hydrogens (primary N) is 1. The number of rotatable bonds is 4. The molecule has 1 heterocycles. The Balaban J connectivity index is 1.82. The predicted molar refractivity (Wildman–Crippen MR) is 77.1 cm³/mol. The number of ether oxygens (including phenoxy) is 2. The van der Waals surface area contributed by atoms with E-state index >= 15 is 0 Å². The Hall–Kier alpha value is -1.26. The van der Waals surface area contributed by atoms with Crippen LogP contribution in [0.2, 0.25) is 0 Å². The SMILES string of the molecule is CC1(C)CC1C(O)C(CN)c1ccc2c(c1)OCCO2. The molecule has 1 aliphatic heterocycles. The zero-order valence-corrected chi connectivity index (χ0v) is 12.1. The maximum atomic E-state index is 10.6. The van der Waals surface area contributed by atoms with E-state index in [9.17, 15) is 5.11 Å². The molecule has 3 atom stereocenters. The van der Waals surface area contributed by atoms with Gasteiger partial charge in [-0.05, 0) is 35.4 Å². The molecule has 1 fully saturated rings. The van der Waals surface area contributed by atoms with Crippen molar-refractivity contribution in [1.82, 2.24) is 0 Å². The van der Waals surface area contributed by atoms with Crippen LogP contribution in [-0.2, 0) is 0 Å². The summed E-state index contributed by atoms with van der Waals surface area (Å²) >= 11 is 0. The van der Waals surface area contributed by atoms with Crippen LogP contribution in [0.3, 0.4) is 0 Å². The first-order valence-electron chi connectivity index (χ1n) is 7.30. The van der Waals surface area contributed by atoms with Crippen LogP contribution >= 0.6 is 0 Å². The third-order valence-electron chi connectivity index (χ3n) is 4.66. The van der Waals surface area contributed by atoms with Crippen molar-refractivity contribution < 1.29 is 14.6 Å². The lowest BCUT2D eigenvalue weighted by Gasteiger charge is -2.25. The van der Waals surface area contributed by atoms with Gasteiger partial charge in [0, 0.05) is 12.5 Å². The summed E-state index contributed by atoms with van der Waals surface area (Å²) in [6.45, 7) is 5.98. The first-order valence-corrected chi connectivity index (χ1v) is 7.30. The van der Waals surface area contributed by atoms with Crippen molar-refractivity contribution in [2.24, 2.45) is 17.1 Å². The first kappa shape index (κ1) is 13.7. The molecule has 0 saturated heterocycles. The van der Waals surface area contributed by atoms with E-state index in [1.807, 2.05) is 18.2 Å². The Bertz CT molecular complexity index is 500. The molecule has 0 aromatic heterocycles. The molecule has 2 aliphatic rings. The van der Waals surface area contributed by atoms with Crippen LogP contribution < -0.4 is 15.2 Å². The van der Waals surface area contributed by atoms with Crippen LogP contribution in [0.1, 0.15) is 31.7 Å². The molecule has 0 radical (unpaired) electrons. The van der Waals surface area contributed by atoms with Crippen molar-refractivity contribution in [3.05, 3.63) is 23.8 Å². The van der Waals surface area contributed by atoms with Crippen LogP contribution in [0.25, 0.3) is 0 Å². The number of hydrogen-bond donors (Lipinski definition) is 2. The fourth-order valence-electron chi connectivity index (χ4n) is 3.13. The van der Waals surface area contributed by atoms with Crippen LogP contribution in [0.5, 0.6) is 11.5 Å². The van der Waals surface area contributed by atoms with Crippen molar-refractivity contribution in [2.75, 3.05) is 19.8 Å². The Morgan fingerprint density at radius 2 is 1.95 bits per heavy atom. The maximum absolute atomic E-state index is 10.6. The third-order valence-corrected chi connectivity index (χ3v) is 4.66. The lowest BCUT2D eigenvalue weighted by Crippen LogP contribution is -2.29. The average molecular weight is 277 g/mol. The van der Waals surface area contributed by atoms with Gasteiger partial charge in [0.2, 0.25) is 0 Å². The molecular weight excluding hydrogens is 254 g/mol. The van der Waals surface area contributed by atoms with Gasteiger partial charge in [-0.1, -0.05) is 19.9 Å². The number of aliphatic hydroxyl groups excluding tert-OH is 1. The van der Waals surface area contributed by atoms with Gasteiger partial charge in [-0.2, -0.15) is 0 Å². The summed E-state index contributed by atoms with van der Waals surface area (Å²) in [6.07, 6.45) is 0.674. The summed E-state index contributed by atoms with van der Waals surface area (Å²) < 4.78 is 11.1. The standard InChI is InChI=1S/C16H23NO3/c1-16(2)8-12(16)15(18)11(9-17)10-3-4-13-14(7-10)20-6-5-19-13/h3-4,7,11-12,15,18H,5-6,8-9,17H2,1-2H3. The second-order valence-corrected chi connectivity index (χ2v) is 6.54. The predicted octanol–water partition coefficient (Wildman–Crippen LogP) is 1.91. The van der Waals surface area contributed by atoms with E-state index in [1.54, 1.807) is 0 Å². The van der Waals surface area contributed by atoms with Gasteiger partial charge in [0.25, 0.3) is 0 Å². The summed E-state index contributed by atoms with van der Waals surface area (Å²) in [5, 5.41) is 10.6. The minimum atomic E-state index is -0.391. The summed E-state index contributed by atoms with van der Waals surface area (Å²) in [7, 11) is 0. The number of hydrogen-bond acceptors (Lipinski definition) is 4. The van der Waals surface area contributed by atoms with Crippen LogP contribution in [0.15, 0.2) is 18.2 Å². The molecule has 0 amide bonds. The monoisotopic (exact) mass is 277 g/mol. The molecule has 1 saturated carbocycles. The van der Waals surface area contributed by atoms with E-state index in [2.05, 4.69) is 13.8 Å². The highest BCUT2D eigenvalue weighted by molar-refractivity contribution is 5.45. The topological polar surface area (TPSA) is 64.7 Å². The highest BCUT2D eigenvalue weighted by Gasteiger charge is 2.51. The smallest absolute Gasteiger partial charge is 0.161 e. The average Bonchev–Trinajstić information content (AvgIpc) is 3.08. The number of fused-ring (bicyclic) bond motifs is 1. The molecule has 0 bridgehead atoms. The fraction of sp³-hybridized carbons (Fsp3) is 0.625. The molecule has 110 valence electrons. The molecule has 1 aromatic rings. The van der Waals surface area contributed by atoms with Gasteiger partial charge in [-0.3, -0.25) is 0 Å². The van der Waals surface area contributed by atoms with Crippen molar-refractivity contribution in [2.45, 2.75) is 32.3 Å². The molecule has 3 unspecified atom stereocenters. The summed E-state index contributed by atoms with van der Waals surface area (Å²) in [4.78, 5) is 0. The van der Waals surface area contributed by atoms with Gasteiger partial charge in [-0.15, -0.1) is 0 Å². The molecule has 1 aromatic carbocycles. The molecular formula is C16H23NO3. The highest BCUT2D eigenvalue weighted by atomic mass is 16.6. The minimum absolute atomic E-state index is 0.0439. The normalized spacial score (nSPS) is 25.9. The quantitative estimate of drug-likeness (QED) is 0.882. The van der Waals surface area contributed by atoms with Gasteiger partial charge in [-0.25, -0.2) is 0 Å². The Labute approximate surface area is 119 Å². The fourth-order valence-corrected chi connectivity index (χ4v) is 3.13. The summed E-state index contributed by atoms with van der Waals surface area (Å²) in [5.74, 6) is 1.83. The second-order valence-electron chi connectivity index (χ2n) is 6.54. The van der Waals surface area contributed by atoms with Gasteiger partial charge in [0.1, 0.15) is 13.2 Å². The highest BCUT2D eigenvalue weighted by Crippen LogP contribution is 2.55. The van der Waals surface area contributed by atoms with Crippen LogP contribution in [0, 0.1) is 11.3 Å². The largest absolute Gasteiger partial charge is 0.486 e. The van der Waals surface area contributed by atoms with E-state index in [-0.39, 0.29) is 11.3 Å². The molecule has 3 rings (SSSR count). The van der Waals surface area contributed by atoms with Crippen molar-refractivity contribution in [3.8, 4) is 11.5 Å². The number of benzene rings is 1. The molecule has 3 N–H and O–H groups in total. The zero-order valence-electron chi connectivity index (χ0n) is 12.1. The third kappa shape index (κ3) is 2.38.